The Balaban J connectivity index is 1.39. The molecule has 0 bridgehead atoms. The third kappa shape index (κ3) is 6.24. The van der Waals surface area contributed by atoms with Crippen LogP contribution in [0.1, 0.15) is 43.0 Å². The predicted molar refractivity (Wildman–Crippen MR) is 137 cm³/mol. The van der Waals surface area contributed by atoms with Crippen molar-refractivity contribution in [1.82, 2.24) is 9.88 Å². The van der Waals surface area contributed by atoms with Crippen molar-refractivity contribution in [2.75, 3.05) is 38.6 Å². The number of nitrogens with zero attached hydrogens (tertiary/aromatic N) is 2. The van der Waals surface area contributed by atoms with E-state index in [1.807, 2.05) is 4.90 Å². The second-order valence-electron chi connectivity index (χ2n) is 9.82. The maximum atomic E-state index is 15.7. The van der Waals surface area contributed by atoms with Gasteiger partial charge < -0.3 is 20.1 Å². The number of halogens is 5. The summed E-state index contributed by atoms with van der Waals surface area (Å²) in [4.78, 5) is 18.5. The Morgan fingerprint density at radius 1 is 1.18 bits per heavy atom. The molecule has 0 radical (unpaired) electrons. The lowest BCUT2D eigenvalue weighted by molar-refractivity contribution is -0.153. The first-order valence-electron chi connectivity index (χ1n) is 12.7. The fraction of sp³-hybridized carbons (Fsp3) is 0.429. The van der Waals surface area contributed by atoms with Gasteiger partial charge in [-0.15, -0.1) is 0 Å². The Morgan fingerprint density at radius 2 is 1.87 bits per heavy atom. The zero-order chi connectivity index (χ0) is 28.2. The first-order valence-corrected chi connectivity index (χ1v) is 12.7. The summed E-state index contributed by atoms with van der Waals surface area (Å²) in [5.41, 5.74) is -0.813. The Bertz CT molecular complexity index is 1300. The smallest absolute Gasteiger partial charge is 0.309 e. The number of methoxy groups -OCH3 is 1. The minimum Gasteiger partial charge on any atom is -0.497 e. The summed E-state index contributed by atoms with van der Waals surface area (Å²) in [6.07, 6.45) is 0.165. The second kappa shape index (κ2) is 12.1. The van der Waals surface area contributed by atoms with E-state index in [1.54, 1.807) is 18.2 Å². The molecule has 1 saturated heterocycles. The number of hydrogen-bond donors (Lipinski definition) is 2. The predicted octanol–water partition coefficient (Wildman–Crippen LogP) is 6.20. The maximum Gasteiger partial charge on any atom is 0.309 e. The number of anilines is 1. The van der Waals surface area contributed by atoms with Gasteiger partial charge in [-0.25, -0.2) is 22.0 Å². The van der Waals surface area contributed by atoms with Crippen LogP contribution < -0.4 is 10.1 Å². The van der Waals surface area contributed by atoms with Gasteiger partial charge in [0.15, 0.2) is 11.6 Å². The van der Waals surface area contributed by atoms with Gasteiger partial charge >= 0.3 is 5.97 Å². The second-order valence-corrected chi connectivity index (χ2v) is 9.82. The van der Waals surface area contributed by atoms with Crippen molar-refractivity contribution in [3.63, 3.8) is 0 Å². The van der Waals surface area contributed by atoms with E-state index in [1.165, 1.54) is 13.3 Å². The van der Waals surface area contributed by atoms with E-state index >= 15 is 4.39 Å². The highest BCUT2D eigenvalue weighted by Gasteiger charge is 2.41. The Labute approximate surface area is 222 Å². The normalized spacial score (nSPS) is 16.3. The summed E-state index contributed by atoms with van der Waals surface area (Å²) in [5, 5.41) is 13.1. The van der Waals surface area contributed by atoms with Crippen LogP contribution in [0.25, 0.3) is 10.9 Å². The molecule has 1 aliphatic rings. The Kier molecular flexibility index (Phi) is 8.89. The van der Waals surface area contributed by atoms with Gasteiger partial charge in [0.2, 0.25) is 0 Å². The number of carboxylic acid groups (broad SMARTS) is 1. The standard InChI is InChI=1S/C28H30F5N3O3/c1-39-19-2-3-24-20(14-19)25(17(15-29)16-35-24)21(31)4-5-28(27(37)38)6-9-36(10-7-28)11-8-34-26-22(32)12-18(30)13-23(26)33/h2-3,12-14,16,21,34H,4-11,15H2,1H3,(H,37,38). The number of likely N-dealkylation sites (tertiary alicyclic amines) is 1. The van der Waals surface area contributed by atoms with Crippen LogP contribution in [0.3, 0.4) is 0 Å². The summed E-state index contributed by atoms with van der Waals surface area (Å²) < 4.78 is 75.5. The maximum absolute atomic E-state index is 15.7. The lowest BCUT2D eigenvalue weighted by Gasteiger charge is -2.39. The average molecular weight is 552 g/mol. The molecule has 1 aliphatic heterocycles. The van der Waals surface area contributed by atoms with E-state index in [0.717, 1.165) is 0 Å². The monoisotopic (exact) mass is 551 g/mol. The van der Waals surface area contributed by atoms with Crippen molar-refractivity contribution in [2.24, 2.45) is 5.41 Å². The molecule has 0 saturated carbocycles. The molecular formula is C28H30F5N3O3. The molecule has 2 aromatic carbocycles. The van der Waals surface area contributed by atoms with Gasteiger partial charge in [-0.3, -0.25) is 9.78 Å². The number of aromatic nitrogens is 1. The van der Waals surface area contributed by atoms with Crippen LogP contribution in [0.2, 0.25) is 0 Å². The number of fused-ring (bicyclic) bond motifs is 1. The highest BCUT2D eigenvalue weighted by Crippen LogP contribution is 2.41. The van der Waals surface area contributed by atoms with Crippen molar-refractivity contribution in [3.05, 3.63) is 65.1 Å². The molecule has 1 unspecified atom stereocenters. The number of hydrogen-bond acceptors (Lipinski definition) is 5. The van der Waals surface area contributed by atoms with Crippen LogP contribution in [0, 0.1) is 22.9 Å². The van der Waals surface area contributed by atoms with Crippen LogP contribution in [0.15, 0.2) is 36.5 Å². The summed E-state index contributed by atoms with van der Waals surface area (Å²) in [5.74, 6) is -3.62. The van der Waals surface area contributed by atoms with Crippen LogP contribution in [-0.4, -0.2) is 54.2 Å². The molecule has 6 nitrogen and oxygen atoms in total. The minimum absolute atomic E-state index is 0.0566. The number of carboxylic acids is 1. The van der Waals surface area contributed by atoms with E-state index in [2.05, 4.69) is 10.3 Å². The summed E-state index contributed by atoms with van der Waals surface area (Å²) >= 11 is 0. The number of pyridine rings is 1. The van der Waals surface area contributed by atoms with Gasteiger partial charge in [-0.2, -0.15) is 0 Å². The fourth-order valence-corrected chi connectivity index (χ4v) is 5.21. The highest BCUT2D eigenvalue weighted by atomic mass is 19.2. The number of benzene rings is 2. The number of ether oxygens (including phenoxy) is 1. The molecule has 1 fully saturated rings. The molecular weight excluding hydrogens is 521 g/mol. The lowest BCUT2D eigenvalue weighted by atomic mass is 9.74. The van der Waals surface area contributed by atoms with E-state index in [4.69, 9.17) is 4.74 Å². The highest BCUT2D eigenvalue weighted by molar-refractivity contribution is 5.85. The van der Waals surface area contributed by atoms with Crippen LogP contribution in [0.4, 0.5) is 27.6 Å². The number of alkyl halides is 2. The summed E-state index contributed by atoms with van der Waals surface area (Å²) in [7, 11) is 1.47. The van der Waals surface area contributed by atoms with Crippen molar-refractivity contribution < 1.29 is 36.6 Å². The molecule has 0 amide bonds. The molecule has 2 heterocycles. The van der Waals surface area contributed by atoms with Crippen molar-refractivity contribution in [2.45, 2.75) is 38.5 Å². The molecule has 1 aromatic heterocycles. The van der Waals surface area contributed by atoms with E-state index in [0.29, 0.717) is 48.4 Å². The van der Waals surface area contributed by atoms with Crippen LogP contribution >= 0.6 is 0 Å². The molecule has 210 valence electrons. The Hall–Kier alpha value is -3.47. The van der Waals surface area contributed by atoms with Crippen LogP contribution in [-0.2, 0) is 11.5 Å². The van der Waals surface area contributed by atoms with Gasteiger partial charge in [0, 0.05) is 47.9 Å². The third-order valence-corrected chi connectivity index (χ3v) is 7.54. The summed E-state index contributed by atoms with van der Waals surface area (Å²) in [6, 6.07) is 6.12. The fourth-order valence-electron chi connectivity index (χ4n) is 5.21. The number of piperidine rings is 1. The number of nitrogens with one attached hydrogen (secondary N) is 1. The topological polar surface area (TPSA) is 74.7 Å². The average Bonchev–Trinajstić information content (AvgIpc) is 2.92. The van der Waals surface area contributed by atoms with Gasteiger partial charge in [0.25, 0.3) is 0 Å². The molecule has 39 heavy (non-hydrogen) atoms. The zero-order valence-electron chi connectivity index (χ0n) is 21.5. The SMILES string of the molecule is COc1ccc2ncc(CF)c(C(F)CCC3(C(=O)O)CCN(CCNc4c(F)cc(F)cc4F)CC3)c2c1. The molecule has 4 rings (SSSR count). The van der Waals surface area contributed by atoms with Crippen molar-refractivity contribution in [1.29, 1.82) is 0 Å². The Morgan fingerprint density at radius 3 is 2.49 bits per heavy atom. The number of rotatable bonds is 11. The van der Waals surface area contributed by atoms with Gasteiger partial charge in [-0.1, -0.05) is 0 Å². The third-order valence-electron chi connectivity index (χ3n) is 7.54. The van der Waals surface area contributed by atoms with E-state index in [9.17, 15) is 27.5 Å². The molecule has 0 aliphatic carbocycles. The molecule has 11 heteroatoms. The first-order chi connectivity index (χ1) is 18.7. The molecule has 3 aromatic rings. The zero-order valence-corrected chi connectivity index (χ0v) is 21.5. The quantitative estimate of drug-likeness (QED) is 0.277. The van der Waals surface area contributed by atoms with Gasteiger partial charge in [0.1, 0.15) is 30.1 Å². The van der Waals surface area contributed by atoms with Crippen molar-refractivity contribution >= 4 is 22.6 Å². The van der Waals surface area contributed by atoms with E-state index in [-0.39, 0.29) is 43.4 Å². The first kappa shape index (κ1) is 28.5. The molecule has 0 spiro atoms. The van der Waals surface area contributed by atoms with Crippen molar-refractivity contribution in [3.8, 4) is 5.75 Å². The number of aliphatic carboxylic acids is 1. The minimum atomic E-state index is -1.60. The van der Waals surface area contributed by atoms with E-state index < -0.39 is 47.4 Å². The largest absolute Gasteiger partial charge is 0.497 e. The van der Waals surface area contributed by atoms with Gasteiger partial charge in [0.05, 0.1) is 18.0 Å². The summed E-state index contributed by atoms with van der Waals surface area (Å²) in [6.45, 7) is 0.419. The lowest BCUT2D eigenvalue weighted by Crippen LogP contribution is -2.45. The molecule has 1 atom stereocenters. The number of carbonyl (C=O) groups is 1. The van der Waals surface area contributed by atoms with Gasteiger partial charge in [-0.05, 0) is 57.0 Å². The van der Waals surface area contributed by atoms with Crippen LogP contribution in [0.5, 0.6) is 5.75 Å². The molecule has 2 N–H and O–H groups in total.